The highest BCUT2D eigenvalue weighted by molar-refractivity contribution is 6.35. The maximum Gasteiger partial charge on any atom is 0.240 e. The Kier molecular flexibility index (Phi) is 2.39. The highest BCUT2D eigenvalue weighted by Gasteiger charge is 2.09. The topological polar surface area (TPSA) is 47.9 Å². The van der Waals surface area contributed by atoms with Crippen LogP contribution in [0.5, 0.6) is 5.88 Å². The van der Waals surface area contributed by atoms with Crippen molar-refractivity contribution < 1.29 is 4.74 Å². The van der Waals surface area contributed by atoms with Crippen LogP contribution in [0.15, 0.2) is 12.3 Å². The van der Waals surface area contributed by atoms with E-state index in [9.17, 15) is 0 Å². The summed E-state index contributed by atoms with van der Waals surface area (Å²) in [5.41, 5.74) is 0.514. The number of rotatable bonds is 1. The number of nitrogens with zero attached hydrogens (tertiary/aromatic N) is 3. The Bertz CT molecular complexity index is 489. The molecule has 0 bridgehead atoms. The van der Waals surface area contributed by atoms with Crippen LogP contribution in [-0.4, -0.2) is 22.1 Å². The molecule has 2 heterocycles. The van der Waals surface area contributed by atoms with Crippen LogP contribution in [0.1, 0.15) is 0 Å². The van der Waals surface area contributed by atoms with Gasteiger partial charge in [0.15, 0.2) is 0 Å². The van der Waals surface area contributed by atoms with Gasteiger partial charge in [0, 0.05) is 11.6 Å². The van der Waals surface area contributed by atoms with E-state index in [-0.39, 0.29) is 5.28 Å². The molecule has 0 atom stereocenters. The lowest BCUT2D eigenvalue weighted by Gasteiger charge is -2.03. The molecule has 0 saturated heterocycles. The van der Waals surface area contributed by atoms with Gasteiger partial charge < -0.3 is 4.74 Å². The Morgan fingerprint density at radius 3 is 2.79 bits per heavy atom. The highest BCUT2D eigenvalue weighted by Crippen LogP contribution is 2.26. The van der Waals surface area contributed by atoms with Crippen LogP contribution in [0.4, 0.5) is 0 Å². The first kappa shape index (κ1) is 9.43. The van der Waals surface area contributed by atoms with Gasteiger partial charge in [-0.15, -0.1) is 0 Å². The van der Waals surface area contributed by atoms with Crippen molar-refractivity contribution >= 4 is 34.1 Å². The maximum atomic E-state index is 5.87. The average molecular weight is 230 g/mol. The summed E-state index contributed by atoms with van der Waals surface area (Å²) in [6.45, 7) is 0. The van der Waals surface area contributed by atoms with Crippen LogP contribution in [0.25, 0.3) is 10.9 Å². The number of aromatic nitrogens is 3. The van der Waals surface area contributed by atoms with Gasteiger partial charge in [-0.25, -0.2) is 15.0 Å². The van der Waals surface area contributed by atoms with Crippen molar-refractivity contribution in [1.82, 2.24) is 15.0 Å². The van der Waals surface area contributed by atoms with Gasteiger partial charge in [0.2, 0.25) is 11.2 Å². The predicted octanol–water partition coefficient (Wildman–Crippen LogP) is 2.34. The molecule has 0 aliphatic carbocycles. The molecule has 0 spiro atoms. The van der Waals surface area contributed by atoms with Gasteiger partial charge in [0.05, 0.1) is 7.11 Å². The Morgan fingerprint density at radius 2 is 2.07 bits per heavy atom. The van der Waals surface area contributed by atoms with Crippen molar-refractivity contribution in [3.05, 3.63) is 22.7 Å². The maximum absolute atomic E-state index is 5.87. The van der Waals surface area contributed by atoms with E-state index in [0.29, 0.717) is 21.9 Å². The molecular weight excluding hydrogens is 225 g/mol. The zero-order valence-corrected chi connectivity index (χ0v) is 8.67. The third-order valence-corrected chi connectivity index (χ3v) is 2.16. The summed E-state index contributed by atoms with van der Waals surface area (Å²) in [7, 11) is 1.51. The fourth-order valence-corrected chi connectivity index (χ4v) is 1.56. The molecule has 2 aromatic heterocycles. The predicted molar refractivity (Wildman–Crippen MR) is 53.9 cm³/mol. The molecule has 0 aliphatic heterocycles. The molecule has 4 nitrogen and oxygen atoms in total. The monoisotopic (exact) mass is 229 g/mol. The molecule has 0 aliphatic rings. The Hall–Kier alpha value is -1.13. The second-order valence-corrected chi connectivity index (χ2v) is 3.20. The van der Waals surface area contributed by atoms with Crippen molar-refractivity contribution in [2.75, 3.05) is 7.11 Å². The lowest BCUT2D eigenvalue weighted by molar-refractivity contribution is 0.402. The first-order chi connectivity index (χ1) is 6.72. The van der Waals surface area contributed by atoms with Crippen LogP contribution >= 0.6 is 23.2 Å². The summed E-state index contributed by atoms with van der Waals surface area (Å²) >= 11 is 11.5. The van der Waals surface area contributed by atoms with Crippen molar-refractivity contribution in [1.29, 1.82) is 0 Å². The van der Waals surface area contributed by atoms with E-state index < -0.39 is 0 Å². The standard InChI is InChI=1S/C8H5Cl2N3O/c1-14-7-5-4(2-3-11-7)6(9)13-8(10)12-5/h2-3H,1H3. The van der Waals surface area contributed by atoms with Gasteiger partial charge in [0.25, 0.3) is 0 Å². The molecule has 72 valence electrons. The summed E-state index contributed by atoms with van der Waals surface area (Å²) in [6, 6.07) is 1.70. The number of hydrogen-bond acceptors (Lipinski definition) is 4. The van der Waals surface area contributed by atoms with Crippen molar-refractivity contribution in [2.24, 2.45) is 0 Å². The largest absolute Gasteiger partial charge is 0.479 e. The molecule has 0 aromatic carbocycles. The minimum Gasteiger partial charge on any atom is -0.479 e. The number of hydrogen-bond donors (Lipinski definition) is 0. The number of fused-ring (bicyclic) bond motifs is 1. The highest BCUT2D eigenvalue weighted by atomic mass is 35.5. The smallest absolute Gasteiger partial charge is 0.240 e. The van der Waals surface area contributed by atoms with E-state index in [1.54, 1.807) is 12.3 Å². The molecule has 2 rings (SSSR count). The fourth-order valence-electron chi connectivity index (χ4n) is 1.12. The van der Waals surface area contributed by atoms with Gasteiger partial charge in [-0.1, -0.05) is 11.6 Å². The van der Waals surface area contributed by atoms with Gasteiger partial charge in [0.1, 0.15) is 10.7 Å². The van der Waals surface area contributed by atoms with Gasteiger partial charge in [-0.05, 0) is 17.7 Å². The quantitative estimate of drug-likeness (QED) is 0.557. The summed E-state index contributed by atoms with van der Waals surface area (Å²) < 4.78 is 5.02. The summed E-state index contributed by atoms with van der Waals surface area (Å²) in [5, 5.41) is 1.04. The van der Waals surface area contributed by atoms with E-state index in [1.165, 1.54) is 7.11 Å². The van der Waals surface area contributed by atoms with Crippen molar-refractivity contribution in [3.8, 4) is 5.88 Å². The fraction of sp³-hybridized carbons (Fsp3) is 0.125. The van der Waals surface area contributed by atoms with Gasteiger partial charge in [-0.3, -0.25) is 0 Å². The van der Waals surface area contributed by atoms with Crippen molar-refractivity contribution in [2.45, 2.75) is 0 Å². The van der Waals surface area contributed by atoms with Gasteiger partial charge in [-0.2, -0.15) is 0 Å². The van der Waals surface area contributed by atoms with Crippen LogP contribution < -0.4 is 4.74 Å². The molecule has 0 unspecified atom stereocenters. The van der Waals surface area contributed by atoms with Crippen LogP contribution in [0, 0.1) is 0 Å². The Labute approximate surface area is 89.9 Å². The summed E-state index contributed by atoms with van der Waals surface area (Å²) in [5.74, 6) is 0.383. The molecule has 0 radical (unpaired) electrons. The first-order valence-corrected chi connectivity index (χ1v) is 4.49. The Morgan fingerprint density at radius 1 is 1.29 bits per heavy atom. The SMILES string of the molecule is COc1nccc2c(Cl)nc(Cl)nc12. The van der Waals surface area contributed by atoms with Crippen LogP contribution in [0.2, 0.25) is 10.4 Å². The third kappa shape index (κ3) is 1.47. The van der Waals surface area contributed by atoms with E-state index in [2.05, 4.69) is 15.0 Å². The second-order valence-electron chi connectivity index (χ2n) is 2.50. The van der Waals surface area contributed by atoms with E-state index in [0.717, 1.165) is 0 Å². The van der Waals surface area contributed by atoms with E-state index in [4.69, 9.17) is 27.9 Å². The molecule has 2 aromatic rings. The van der Waals surface area contributed by atoms with Crippen molar-refractivity contribution in [3.63, 3.8) is 0 Å². The number of halogens is 2. The molecule has 0 fully saturated rings. The minimum atomic E-state index is 0.0776. The molecule has 0 amide bonds. The lowest BCUT2D eigenvalue weighted by atomic mass is 10.3. The molecule has 6 heteroatoms. The molecule has 14 heavy (non-hydrogen) atoms. The second kappa shape index (κ2) is 3.55. The molecular formula is C8H5Cl2N3O. The van der Waals surface area contributed by atoms with Crippen LogP contribution in [-0.2, 0) is 0 Å². The van der Waals surface area contributed by atoms with Crippen LogP contribution in [0.3, 0.4) is 0 Å². The average Bonchev–Trinajstić information content (AvgIpc) is 2.17. The van der Waals surface area contributed by atoms with E-state index >= 15 is 0 Å². The first-order valence-electron chi connectivity index (χ1n) is 3.74. The Balaban J connectivity index is 2.86. The number of methoxy groups -OCH3 is 1. The zero-order valence-electron chi connectivity index (χ0n) is 7.16. The molecule has 0 saturated carbocycles. The summed E-state index contributed by atoms with van der Waals surface area (Å²) in [6.07, 6.45) is 1.57. The van der Waals surface area contributed by atoms with E-state index in [1.807, 2.05) is 0 Å². The van der Waals surface area contributed by atoms with Gasteiger partial charge >= 0.3 is 0 Å². The molecule has 0 N–H and O–H groups in total. The normalized spacial score (nSPS) is 10.5. The third-order valence-electron chi connectivity index (χ3n) is 1.70. The number of pyridine rings is 1. The minimum absolute atomic E-state index is 0.0776. The number of ether oxygens (including phenoxy) is 1. The summed E-state index contributed by atoms with van der Waals surface area (Å²) in [4.78, 5) is 11.8. The lowest BCUT2D eigenvalue weighted by Crippen LogP contribution is -1.93. The zero-order chi connectivity index (χ0) is 10.1.